The van der Waals surface area contributed by atoms with Crippen LogP contribution in [0.4, 0.5) is 0 Å². The molecule has 3 aromatic heterocycles. The van der Waals surface area contributed by atoms with E-state index in [4.69, 9.17) is 15.0 Å². The van der Waals surface area contributed by atoms with E-state index in [1.54, 1.807) is 0 Å². The second-order valence-corrected chi connectivity index (χ2v) is 14.8. The number of para-hydroxylation sites is 3. The fourth-order valence-electron chi connectivity index (χ4n) is 9.03. The first-order valence-electron chi connectivity index (χ1n) is 19.6. The number of rotatable bonds is 5. The molecule has 270 valence electrons. The van der Waals surface area contributed by atoms with Crippen molar-refractivity contribution < 1.29 is 0 Å². The molecule has 0 aliphatic carbocycles. The Bertz CT molecular complexity index is 3450. The standard InChI is InChI=1S/C53H33N5/c1-3-17-34(18-4-1)51-54-52(35-19-5-2-6-20-35)56-53(55-51)42-28-15-27-39-38(42)26-16-32-44(39)57-47-31-14-11-25-43(47)49-48(57)33-36-21-7-8-22-37(36)50(49)58-45-29-12-9-23-40(45)41-24-10-13-30-46(41)58/h1-33H. The van der Waals surface area contributed by atoms with E-state index in [-0.39, 0.29) is 0 Å². The summed E-state index contributed by atoms with van der Waals surface area (Å²) in [7, 11) is 0. The molecule has 5 nitrogen and oxygen atoms in total. The molecule has 0 atom stereocenters. The van der Waals surface area contributed by atoms with Gasteiger partial charge in [-0.3, -0.25) is 0 Å². The maximum absolute atomic E-state index is 5.13. The van der Waals surface area contributed by atoms with Crippen molar-refractivity contribution in [1.29, 1.82) is 0 Å². The van der Waals surface area contributed by atoms with Crippen LogP contribution in [0.5, 0.6) is 0 Å². The first-order valence-corrected chi connectivity index (χ1v) is 19.6. The molecule has 0 amide bonds. The monoisotopic (exact) mass is 739 g/mol. The van der Waals surface area contributed by atoms with Crippen molar-refractivity contribution in [3.8, 4) is 45.5 Å². The van der Waals surface area contributed by atoms with Crippen LogP contribution < -0.4 is 0 Å². The highest BCUT2D eigenvalue weighted by Gasteiger charge is 2.23. The van der Waals surface area contributed by atoms with Crippen molar-refractivity contribution in [1.82, 2.24) is 24.1 Å². The number of benzene rings is 9. The molecular formula is C53H33N5. The second-order valence-electron chi connectivity index (χ2n) is 14.8. The van der Waals surface area contributed by atoms with Gasteiger partial charge in [0.05, 0.1) is 33.4 Å². The molecule has 0 bridgehead atoms. The van der Waals surface area contributed by atoms with Gasteiger partial charge in [-0.05, 0) is 41.1 Å². The van der Waals surface area contributed by atoms with E-state index in [1.165, 1.54) is 49.0 Å². The number of hydrogen-bond acceptors (Lipinski definition) is 3. The Morgan fingerprint density at radius 3 is 1.45 bits per heavy atom. The third kappa shape index (κ3) is 4.87. The van der Waals surface area contributed by atoms with Crippen molar-refractivity contribution in [3.05, 3.63) is 200 Å². The van der Waals surface area contributed by atoms with Gasteiger partial charge in [-0.25, -0.2) is 15.0 Å². The molecule has 3 heterocycles. The molecule has 0 radical (unpaired) electrons. The third-order valence-corrected chi connectivity index (χ3v) is 11.5. The van der Waals surface area contributed by atoms with E-state index in [1.807, 2.05) is 36.4 Å². The van der Waals surface area contributed by atoms with E-state index < -0.39 is 0 Å². The predicted molar refractivity (Wildman–Crippen MR) is 240 cm³/mol. The van der Waals surface area contributed by atoms with E-state index in [0.29, 0.717) is 17.5 Å². The van der Waals surface area contributed by atoms with Gasteiger partial charge < -0.3 is 9.13 Å². The molecular weight excluding hydrogens is 707 g/mol. The fourth-order valence-corrected chi connectivity index (χ4v) is 9.03. The van der Waals surface area contributed by atoms with Gasteiger partial charge in [-0.15, -0.1) is 0 Å². The predicted octanol–water partition coefficient (Wildman–Crippen LogP) is 13.4. The normalized spacial score (nSPS) is 11.8. The zero-order valence-electron chi connectivity index (χ0n) is 31.3. The van der Waals surface area contributed by atoms with Gasteiger partial charge in [0.25, 0.3) is 0 Å². The molecule has 5 heteroatoms. The Morgan fingerprint density at radius 1 is 0.310 bits per heavy atom. The summed E-state index contributed by atoms with van der Waals surface area (Å²) in [5.74, 6) is 1.92. The van der Waals surface area contributed by atoms with Crippen LogP contribution in [0.3, 0.4) is 0 Å². The van der Waals surface area contributed by atoms with Crippen molar-refractivity contribution in [2.24, 2.45) is 0 Å². The average molecular weight is 740 g/mol. The molecule has 12 rings (SSSR count). The number of hydrogen-bond donors (Lipinski definition) is 0. The molecule has 0 aliphatic rings. The second kappa shape index (κ2) is 12.8. The van der Waals surface area contributed by atoms with Gasteiger partial charge in [0.2, 0.25) is 0 Å². The maximum Gasteiger partial charge on any atom is 0.164 e. The number of aromatic nitrogens is 5. The Kier molecular flexibility index (Phi) is 7.16. The van der Waals surface area contributed by atoms with Crippen molar-refractivity contribution >= 4 is 65.2 Å². The van der Waals surface area contributed by atoms with Crippen LogP contribution in [0.15, 0.2) is 200 Å². The highest BCUT2D eigenvalue weighted by Crippen LogP contribution is 2.44. The molecule has 58 heavy (non-hydrogen) atoms. The average Bonchev–Trinajstić information content (AvgIpc) is 3.81. The highest BCUT2D eigenvalue weighted by atomic mass is 15.0. The number of nitrogens with zero attached hydrogens (tertiary/aromatic N) is 5. The van der Waals surface area contributed by atoms with Crippen LogP contribution in [-0.4, -0.2) is 24.1 Å². The van der Waals surface area contributed by atoms with Crippen LogP contribution in [0.1, 0.15) is 0 Å². The lowest BCUT2D eigenvalue weighted by Crippen LogP contribution is -2.01. The lowest BCUT2D eigenvalue weighted by atomic mass is 10.0. The zero-order chi connectivity index (χ0) is 38.2. The first kappa shape index (κ1) is 32.4. The minimum atomic E-state index is 0.636. The van der Waals surface area contributed by atoms with Crippen LogP contribution in [0.25, 0.3) is 111 Å². The summed E-state index contributed by atoms with van der Waals surface area (Å²) in [6.45, 7) is 0. The summed E-state index contributed by atoms with van der Waals surface area (Å²) in [6, 6.07) is 71.0. The number of fused-ring (bicyclic) bond motifs is 8. The lowest BCUT2D eigenvalue weighted by molar-refractivity contribution is 1.08. The van der Waals surface area contributed by atoms with Gasteiger partial charge in [-0.2, -0.15) is 0 Å². The maximum atomic E-state index is 5.13. The molecule has 0 unspecified atom stereocenters. The summed E-state index contributed by atoms with van der Waals surface area (Å²) >= 11 is 0. The fraction of sp³-hybridized carbons (Fsp3) is 0. The largest absolute Gasteiger partial charge is 0.309 e. The Labute approximate surface area is 333 Å². The van der Waals surface area contributed by atoms with Crippen LogP contribution >= 0.6 is 0 Å². The lowest BCUT2D eigenvalue weighted by Gasteiger charge is -2.16. The summed E-state index contributed by atoms with van der Waals surface area (Å²) < 4.78 is 4.95. The zero-order valence-corrected chi connectivity index (χ0v) is 31.3. The topological polar surface area (TPSA) is 48.5 Å². The molecule has 0 fully saturated rings. The Balaban J connectivity index is 1.16. The quantitative estimate of drug-likeness (QED) is 0.177. The van der Waals surface area contributed by atoms with E-state index in [9.17, 15) is 0 Å². The van der Waals surface area contributed by atoms with E-state index >= 15 is 0 Å². The molecule has 9 aromatic carbocycles. The van der Waals surface area contributed by atoms with Gasteiger partial charge in [-0.1, -0.05) is 170 Å². The van der Waals surface area contributed by atoms with E-state index in [2.05, 4.69) is 173 Å². The van der Waals surface area contributed by atoms with Gasteiger partial charge >= 0.3 is 0 Å². The minimum absolute atomic E-state index is 0.636. The van der Waals surface area contributed by atoms with Gasteiger partial charge in [0, 0.05) is 49.0 Å². The van der Waals surface area contributed by atoms with E-state index in [0.717, 1.165) is 44.2 Å². The van der Waals surface area contributed by atoms with Crippen molar-refractivity contribution in [2.45, 2.75) is 0 Å². The summed E-state index contributed by atoms with van der Waals surface area (Å²) in [5, 5.41) is 9.47. The van der Waals surface area contributed by atoms with Crippen LogP contribution in [-0.2, 0) is 0 Å². The van der Waals surface area contributed by atoms with Crippen LogP contribution in [0, 0.1) is 0 Å². The minimum Gasteiger partial charge on any atom is -0.309 e. The summed E-state index contributed by atoms with van der Waals surface area (Å²) in [5.41, 5.74) is 9.79. The van der Waals surface area contributed by atoms with Gasteiger partial charge in [0.15, 0.2) is 17.5 Å². The Hall–Kier alpha value is -7.89. The molecule has 0 N–H and O–H groups in total. The van der Waals surface area contributed by atoms with Crippen molar-refractivity contribution in [3.63, 3.8) is 0 Å². The third-order valence-electron chi connectivity index (χ3n) is 11.5. The van der Waals surface area contributed by atoms with Crippen molar-refractivity contribution in [2.75, 3.05) is 0 Å². The SMILES string of the molecule is c1ccc(-c2nc(-c3ccccc3)nc(-c3cccc4c(-n5c6ccccc6c6c(-n7c8ccccc8c8ccccc87)c7ccccc7cc65)cccc34)n2)cc1. The smallest absolute Gasteiger partial charge is 0.164 e. The van der Waals surface area contributed by atoms with Gasteiger partial charge in [0.1, 0.15) is 0 Å². The van der Waals surface area contributed by atoms with Crippen LogP contribution in [0.2, 0.25) is 0 Å². The molecule has 0 aliphatic heterocycles. The summed E-state index contributed by atoms with van der Waals surface area (Å²) in [6.07, 6.45) is 0. The highest BCUT2D eigenvalue weighted by molar-refractivity contribution is 6.22. The summed E-state index contributed by atoms with van der Waals surface area (Å²) in [4.78, 5) is 15.2. The molecule has 12 aromatic rings. The molecule has 0 spiro atoms. The molecule has 0 saturated heterocycles. The molecule has 0 saturated carbocycles. The Morgan fingerprint density at radius 2 is 0.793 bits per heavy atom. The first-order chi connectivity index (χ1) is 28.8.